The van der Waals surface area contributed by atoms with Crippen molar-refractivity contribution in [1.82, 2.24) is 14.1 Å². The number of imidazole rings is 1. The number of halogens is 1. The van der Waals surface area contributed by atoms with E-state index in [1.807, 2.05) is 0 Å². The van der Waals surface area contributed by atoms with Crippen molar-refractivity contribution in [2.75, 3.05) is 0 Å². The van der Waals surface area contributed by atoms with E-state index in [4.69, 9.17) is 11.6 Å². The van der Waals surface area contributed by atoms with Gasteiger partial charge < -0.3 is 24.5 Å². The molecule has 40 heavy (non-hydrogen) atoms. The Hall–Kier alpha value is -4.35. The highest BCUT2D eigenvalue weighted by Gasteiger charge is 2.37. The molecule has 202 valence electrons. The largest absolute Gasteiger partial charge is 0.503 e. The molecule has 0 radical (unpaired) electrons. The molecule has 0 amide bonds. The molecule has 0 aliphatic carbocycles. The minimum absolute atomic E-state index is 0.315. The SMILES string of the molecule is Cn1cncc1C(O)(c1ccc(Cl)cc1)c1ccc2c(c1)c(-c1cccc(C#CC(C)(C)O)c1)c(O)c(=O)n2C. The number of benzene rings is 3. The fourth-order valence-corrected chi connectivity index (χ4v) is 5.01. The van der Waals surface area contributed by atoms with E-state index in [1.165, 1.54) is 4.57 Å². The first-order valence-corrected chi connectivity index (χ1v) is 13.0. The summed E-state index contributed by atoms with van der Waals surface area (Å²) in [6.07, 6.45) is 3.21. The Morgan fingerprint density at radius 1 is 0.950 bits per heavy atom. The zero-order chi connectivity index (χ0) is 28.8. The number of nitrogens with zero attached hydrogens (tertiary/aromatic N) is 3. The maximum Gasteiger partial charge on any atom is 0.293 e. The molecule has 3 N–H and O–H groups in total. The second-order valence-corrected chi connectivity index (χ2v) is 10.8. The van der Waals surface area contributed by atoms with Crippen LogP contribution in [0.2, 0.25) is 5.02 Å². The third-order valence-corrected chi connectivity index (χ3v) is 7.15. The Morgan fingerprint density at radius 3 is 2.30 bits per heavy atom. The summed E-state index contributed by atoms with van der Waals surface area (Å²) in [6, 6.07) is 19.3. The van der Waals surface area contributed by atoms with Crippen LogP contribution in [-0.2, 0) is 19.7 Å². The maximum absolute atomic E-state index is 13.1. The summed E-state index contributed by atoms with van der Waals surface area (Å²) >= 11 is 6.16. The first-order valence-electron chi connectivity index (χ1n) is 12.6. The lowest BCUT2D eigenvalue weighted by atomic mass is 9.82. The van der Waals surface area contributed by atoms with E-state index in [1.54, 1.807) is 112 Å². The Morgan fingerprint density at radius 2 is 1.65 bits per heavy atom. The van der Waals surface area contributed by atoms with Gasteiger partial charge in [0.25, 0.3) is 5.56 Å². The quantitative estimate of drug-likeness (QED) is 0.280. The van der Waals surface area contributed by atoms with E-state index >= 15 is 0 Å². The van der Waals surface area contributed by atoms with Crippen LogP contribution >= 0.6 is 11.6 Å². The molecule has 0 spiro atoms. The van der Waals surface area contributed by atoms with Gasteiger partial charge in [-0.3, -0.25) is 4.79 Å². The lowest BCUT2D eigenvalue weighted by Crippen LogP contribution is -2.31. The van der Waals surface area contributed by atoms with Crippen LogP contribution < -0.4 is 5.56 Å². The second kappa shape index (κ2) is 10.00. The van der Waals surface area contributed by atoms with Gasteiger partial charge in [-0.2, -0.15) is 0 Å². The number of hydrogen-bond acceptors (Lipinski definition) is 5. The van der Waals surface area contributed by atoms with Gasteiger partial charge in [0, 0.05) is 35.6 Å². The molecule has 0 fully saturated rings. The molecule has 2 aromatic heterocycles. The average molecular weight is 554 g/mol. The van der Waals surface area contributed by atoms with E-state index in [2.05, 4.69) is 16.8 Å². The lowest BCUT2D eigenvalue weighted by molar-refractivity contribution is 0.117. The number of hydrogen-bond donors (Lipinski definition) is 3. The van der Waals surface area contributed by atoms with Crippen molar-refractivity contribution in [1.29, 1.82) is 0 Å². The first kappa shape index (κ1) is 27.2. The highest BCUT2D eigenvalue weighted by Crippen LogP contribution is 2.41. The molecule has 3 aromatic carbocycles. The van der Waals surface area contributed by atoms with Crippen LogP contribution in [0.3, 0.4) is 0 Å². The molecular formula is C32H28ClN3O4. The van der Waals surface area contributed by atoms with Gasteiger partial charge in [0.05, 0.1) is 23.7 Å². The molecule has 0 saturated heterocycles. The molecule has 5 aromatic rings. The zero-order valence-electron chi connectivity index (χ0n) is 22.5. The standard InChI is InChI=1S/C32H28ClN3O4/c1-31(2,39)15-14-20-6-5-7-21(16-20)28-25-17-23(10-13-26(25)36(4)30(38)29(28)37)32(40,27-18-34-19-35(27)3)22-8-11-24(33)12-9-22/h5-13,16-19,37,39-40H,1-4H3. The molecule has 1 atom stereocenters. The molecule has 7 nitrogen and oxygen atoms in total. The molecule has 0 aliphatic heterocycles. The third-order valence-electron chi connectivity index (χ3n) is 6.90. The Balaban J connectivity index is 1.82. The number of rotatable bonds is 4. The third kappa shape index (κ3) is 4.78. The number of aryl methyl sites for hydroxylation is 2. The normalized spacial score (nSPS) is 13.1. The highest BCUT2D eigenvalue weighted by molar-refractivity contribution is 6.30. The summed E-state index contributed by atoms with van der Waals surface area (Å²) in [5, 5.41) is 34.7. The molecule has 2 heterocycles. The van der Waals surface area contributed by atoms with Crippen molar-refractivity contribution in [2.45, 2.75) is 25.0 Å². The van der Waals surface area contributed by atoms with Gasteiger partial charge in [0.15, 0.2) is 11.4 Å². The maximum atomic E-state index is 13.1. The van der Waals surface area contributed by atoms with Crippen LogP contribution in [0.1, 0.15) is 36.2 Å². The predicted molar refractivity (Wildman–Crippen MR) is 156 cm³/mol. The molecule has 0 saturated carbocycles. The number of aromatic nitrogens is 3. The van der Waals surface area contributed by atoms with Crippen molar-refractivity contribution in [3.63, 3.8) is 0 Å². The van der Waals surface area contributed by atoms with Gasteiger partial charge in [0.2, 0.25) is 0 Å². The van der Waals surface area contributed by atoms with Crippen molar-refractivity contribution in [3.05, 3.63) is 117 Å². The summed E-state index contributed by atoms with van der Waals surface area (Å²) in [7, 11) is 3.39. The highest BCUT2D eigenvalue weighted by atomic mass is 35.5. The summed E-state index contributed by atoms with van der Waals surface area (Å²) in [5.41, 5.74) is 0.283. The van der Waals surface area contributed by atoms with Crippen molar-refractivity contribution >= 4 is 22.5 Å². The molecule has 5 rings (SSSR count). The van der Waals surface area contributed by atoms with Crippen LogP contribution in [0.15, 0.2) is 84.0 Å². The number of aromatic hydroxyl groups is 1. The average Bonchev–Trinajstić information content (AvgIpc) is 3.36. The Labute approximate surface area is 236 Å². The van der Waals surface area contributed by atoms with Gasteiger partial charge in [0.1, 0.15) is 5.60 Å². The summed E-state index contributed by atoms with van der Waals surface area (Å²) in [6.45, 7) is 3.19. The van der Waals surface area contributed by atoms with E-state index in [-0.39, 0.29) is 0 Å². The Kier molecular flexibility index (Phi) is 6.80. The summed E-state index contributed by atoms with van der Waals surface area (Å²) in [5.74, 6) is 5.32. The summed E-state index contributed by atoms with van der Waals surface area (Å²) in [4.78, 5) is 17.3. The van der Waals surface area contributed by atoms with Crippen LogP contribution in [-0.4, -0.2) is 35.0 Å². The van der Waals surface area contributed by atoms with E-state index in [0.29, 0.717) is 49.4 Å². The predicted octanol–water partition coefficient (Wildman–Crippen LogP) is 4.70. The van der Waals surface area contributed by atoms with E-state index in [0.717, 1.165) is 0 Å². The first-order chi connectivity index (χ1) is 18.9. The van der Waals surface area contributed by atoms with E-state index in [9.17, 15) is 20.1 Å². The Bertz CT molecular complexity index is 1870. The number of aliphatic hydroxyl groups is 2. The minimum Gasteiger partial charge on any atom is -0.503 e. The fraction of sp³-hybridized carbons (Fsp3) is 0.188. The van der Waals surface area contributed by atoms with Gasteiger partial charge in [-0.1, -0.05) is 53.8 Å². The molecule has 0 aliphatic rings. The summed E-state index contributed by atoms with van der Waals surface area (Å²) < 4.78 is 3.12. The van der Waals surface area contributed by atoms with Crippen LogP contribution in [0.4, 0.5) is 0 Å². The van der Waals surface area contributed by atoms with Crippen molar-refractivity contribution in [3.8, 4) is 28.7 Å². The smallest absolute Gasteiger partial charge is 0.293 e. The van der Waals surface area contributed by atoms with Crippen molar-refractivity contribution < 1.29 is 15.3 Å². The van der Waals surface area contributed by atoms with Gasteiger partial charge in [-0.05, 0) is 66.9 Å². The van der Waals surface area contributed by atoms with Crippen LogP contribution in [0, 0.1) is 11.8 Å². The fourth-order valence-electron chi connectivity index (χ4n) is 4.89. The van der Waals surface area contributed by atoms with Gasteiger partial charge in [-0.25, -0.2) is 4.98 Å². The second-order valence-electron chi connectivity index (χ2n) is 10.3. The molecular weight excluding hydrogens is 526 g/mol. The molecule has 8 heteroatoms. The molecule has 0 bridgehead atoms. The monoisotopic (exact) mass is 553 g/mol. The number of pyridine rings is 1. The minimum atomic E-state index is -1.63. The van der Waals surface area contributed by atoms with Crippen molar-refractivity contribution in [2.24, 2.45) is 14.1 Å². The topological polar surface area (TPSA) is 101 Å². The van der Waals surface area contributed by atoms with Gasteiger partial charge in [-0.15, -0.1) is 0 Å². The zero-order valence-corrected chi connectivity index (χ0v) is 23.2. The van der Waals surface area contributed by atoms with Crippen LogP contribution in [0.25, 0.3) is 22.0 Å². The van der Waals surface area contributed by atoms with Gasteiger partial charge >= 0.3 is 0 Å². The van der Waals surface area contributed by atoms with E-state index < -0.39 is 22.5 Å². The lowest BCUT2D eigenvalue weighted by Gasteiger charge is -2.30. The number of fused-ring (bicyclic) bond motifs is 1. The molecule has 1 unspecified atom stereocenters. The van der Waals surface area contributed by atoms with Crippen LogP contribution in [0.5, 0.6) is 5.75 Å².